The SMILES string of the molecule is CC(C)N(Cc1cccs1)c1ccc(CCN)c(Br)c1. The van der Waals surface area contributed by atoms with E-state index >= 15 is 0 Å². The Labute approximate surface area is 133 Å². The van der Waals surface area contributed by atoms with Crippen molar-refractivity contribution in [2.45, 2.75) is 32.9 Å². The molecule has 2 N–H and O–H groups in total. The molecule has 0 atom stereocenters. The molecule has 0 spiro atoms. The molecular formula is C16H21BrN2S. The standard InChI is InChI=1S/C16H21BrN2S/c1-12(2)19(11-15-4-3-9-20-15)14-6-5-13(7-8-18)16(17)10-14/h3-6,9-10,12H,7-8,11,18H2,1-2H3. The minimum absolute atomic E-state index is 0.462. The zero-order valence-corrected chi connectivity index (χ0v) is 14.4. The van der Waals surface area contributed by atoms with Gasteiger partial charge in [0.25, 0.3) is 0 Å². The Morgan fingerprint density at radius 3 is 2.65 bits per heavy atom. The summed E-state index contributed by atoms with van der Waals surface area (Å²) in [7, 11) is 0. The first-order valence-electron chi connectivity index (χ1n) is 6.89. The number of rotatable bonds is 6. The Kier molecular flexibility index (Phi) is 5.64. The highest BCUT2D eigenvalue weighted by Gasteiger charge is 2.13. The number of anilines is 1. The molecule has 1 aromatic heterocycles. The molecule has 0 fully saturated rings. The summed E-state index contributed by atoms with van der Waals surface area (Å²) in [5.41, 5.74) is 8.16. The third-order valence-corrected chi connectivity index (χ3v) is 4.91. The van der Waals surface area contributed by atoms with Crippen LogP contribution < -0.4 is 10.6 Å². The number of hydrogen-bond acceptors (Lipinski definition) is 3. The summed E-state index contributed by atoms with van der Waals surface area (Å²) >= 11 is 5.47. The molecule has 2 rings (SSSR count). The molecule has 0 aliphatic carbocycles. The van der Waals surface area contributed by atoms with Gasteiger partial charge >= 0.3 is 0 Å². The molecule has 108 valence electrons. The normalized spacial score (nSPS) is 11.1. The van der Waals surface area contributed by atoms with Crippen molar-refractivity contribution < 1.29 is 0 Å². The molecule has 0 aliphatic heterocycles. The van der Waals surface area contributed by atoms with Crippen LogP contribution in [-0.4, -0.2) is 12.6 Å². The second-order valence-electron chi connectivity index (χ2n) is 5.12. The van der Waals surface area contributed by atoms with Crippen LogP contribution >= 0.6 is 27.3 Å². The summed E-state index contributed by atoms with van der Waals surface area (Å²) in [6.07, 6.45) is 0.910. The molecule has 2 aromatic rings. The lowest BCUT2D eigenvalue weighted by Gasteiger charge is -2.29. The van der Waals surface area contributed by atoms with Crippen molar-refractivity contribution in [2.24, 2.45) is 5.73 Å². The number of hydrogen-bond donors (Lipinski definition) is 1. The maximum Gasteiger partial charge on any atom is 0.0525 e. The number of thiophene rings is 1. The van der Waals surface area contributed by atoms with Crippen LogP contribution in [-0.2, 0) is 13.0 Å². The molecule has 0 aliphatic rings. The average molecular weight is 353 g/mol. The van der Waals surface area contributed by atoms with Gasteiger partial charge in [0.1, 0.15) is 0 Å². The van der Waals surface area contributed by atoms with Gasteiger partial charge in [-0.15, -0.1) is 11.3 Å². The summed E-state index contributed by atoms with van der Waals surface area (Å²) in [5.74, 6) is 0. The Morgan fingerprint density at radius 1 is 1.30 bits per heavy atom. The first kappa shape index (κ1) is 15.5. The quantitative estimate of drug-likeness (QED) is 0.833. The van der Waals surface area contributed by atoms with Crippen LogP contribution in [0.25, 0.3) is 0 Å². The molecule has 0 saturated heterocycles. The summed E-state index contributed by atoms with van der Waals surface area (Å²) in [4.78, 5) is 3.81. The van der Waals surface area contributed by atoms with E-state index in [1.165, 1.54) is 16.1 Å². The van der Waals surface area contributed by atoms with Crippen LogP contribution in [0.5, 0.6) is 0 Å². The van der Waals surface area contributed by atoms with Crippen LogP contribution in [0.3, 0.4) is 0 Å². The minimum atomic E-state index is 0.462. The summed E-state index contributed by atoms with van der Waals surface area (Å²) in [6.45, 7) is 6.10. The average Bonchev–Trinajstić information content (AvgIpc) is 2.91. The van der Waals surface area contributed by atoms with Crippen molar-refractivity contribution in [3.8, 4) is 0 Å². The van der Waals surface area contributed by atoms with Crippen molar-refractivity contribution in [3.05, 3.63) is 50.6 Å². The molecule has 0 bridgehead atoms. The smallest absolute Gasteiger partial charge is 0.0525 e. The van der Waals surface area contributed by atoms with Crippen LogP contribution in [0.15, 0.2) is 40.2 Å². The van der Waals surface area contributed by atoms with Gasteiger partial charge in [0.05, 0.1) is 6.54 Å². The second kappa shape index (κ2) is 7.25. The van der Waals surface area contributed by atoms with Gasteiger partial charge in [-0.25, -0.2) is 0 Å². The van der Waals surface area contributed by atoms with Crippen molar-refractivity contribution in [2.75, 3.05) is 11.4 Å². The van der Waals surface area contributed by atoms with Gasteiger partial charge < -0.3 is 10.6 Å². The molecule has 0 unspecified atom stereocenters. The zero-order valence-electron chi connectivity index (χ0n) is 12.0. The van der Waals surface area contributed by atoms with E-state index in [1.807, 2.05) is 11.3 Å². The maximum atomic E-state index is 5.64. The van der Waals surface area contributed by atoms with E-state index in [-0.39, 0.29) is 0 Å². The van der Waals surface area contributed by atoms with E-state index in [4.69, 9.17) is 5.73 Å². The van der Waals surface area contributed by atoms with Gasteiger partial charge in [-0.05, 0) is 56.0 Å². The van der Waals surface area contributed by atoms with E-state index in [0.29, 0.717) is 12.6 Å². The first-order valence-corrected chi connectivity index (χ1v) is 8.56. The van der Waals surface area contributed by atoms with Crippen molar-refractivity contribution in [3.63, 3.8) is 0 Å². The Hall–Kier alpha value is -0.840. The molecule has 4 heteroatoms. The van der Waals surface area contributed by atoms with Gasteiger partial charge in [0.15, 0.2) is 0 Å². The van der Waals surface area contributed by atoms with Gasteiger partial charge in [-0.1, -0.05) is 28.1 Å². The highest BCUT2D eigenvalue weighted by molar-refractivity contribution is 9.10. The second-order valence-corrected chi connectivity index (χ2v) is 7.00. The Morgan fingerprint density at radius 2 is 2.10 bits per heavy atom. The summed E-state index contributed by atoms with van der Waals surface area (Å²) in [6, 6.07) is 11.3. The van der Waals surface area contributed by atoms with Crippen molar-refractivity contribution >= 4 is 33.0 Å². The van der Waals surface area contributed by atoms with E-state index in [2.05, 4.69) is 70.4 Å². The number of benzene rings is 1. The molecule has 0 amide bonds. The molecule has 20 heavy (non-hydrogen) atoms. The predicted octanol–water partition coefficient (Wildman–Crippen LogP) is 4.43. The topological polar surface area (TPSA) is 29.3 Å². The highest BCUT2D eigenvalue weighted by atomic mass is 79.9. The fourth-order valence-corrected chi connectivity index (χ4v) is 3.48. The molecule has 0 radical (unpaired) electrons. The molecule has 0 saturated carbocycles. The number of nitrogens with two attached hydrogens (primary N) is 1. The van der Waals surface area contributed by atoms with E-state index in [1.54, 1.807) is 0 Å². The van der Waals surface area contributed by atoms with Crippen LogP contribution in [0.4, 0.5) is 5.69 Å². The molecule has 2 nitrogen and oxygen atoms in total. The van der Waals surface area contributed by atoms with Gasteiger partial charge in [0, 0.05) is 21.1 Å². The summed E-state index contributed by atoms with van der Waals surface area (Å²) < 4.78 is 1.15. The fraction of sp³-hybridized carbons (Fsp3) is 0.375. The number of nitrogens with zero attached hydrogens (tertiary/aromatic N) is 1. The maximum absolute atomic E-state index is 5.64. The van der Waals surface area contributed by atoms with Gasteiger partial charge in [0.2, 0.25) is 0 Å². The Balaban J connectivity index is 2.23. The third kappa shape index (κ3) is 3.84. The number of halogens is 1. The van der Waals surface area contributed by atoms with Crippen molar-refractivity contribution in [1.82, 2.24) is 0 Å². The largest absolute Gasteiger partial charge is 0.364 e. The van der Waals surface area contributed by atoms with E-state index < -0.39 is 0 Å². The van der Waals surface area contributed by atoms with Crippen molar-refractivity contribution in [1.29, 1.82) is 0 Å². The lowest BCUT2D eigenvalue weighted by atomic mass is 10.1. The minimum Gasteiger partial charge on any atom is -0.364 e. The van der Waals surface area contributed by atoms with Crippen LogP contribution in [0.1, 0.15) is 24.3 Å². The molecule has 1 heterocycles. The van der Waals surface area contributed by atoms with E-state index in [9.17, 15) is 0 Å². The first-order chi connectivity index (χ1) is 9.61. The van der Waals surface area contributed by atoms with E-state index in [0.717, 1.165) is 17.4 Å². The highest BCUT2D eigenvalue weighted by Crippen LogP contribution is 2.27. The summed E-state index contributed by atoms with van der Waals surface area (Å²) in [5, 5.41) is 2.13. The lowest BCUT2D eigenvalue weighted by molar-refractivity contribution is 0.687. The van der Waals surface area contributed by atoms with Gasteiger partial charge in [-0.3, -0.25) is 0 Å². The fourth-order valence-electron chi connectivity index (χ4n) is 2.22. The monoisotopic (exact) mass is 352 g/mol. The molecule has 1 aromatic carbocycles. The van der Waals surface area contributed by atoms with Gasteiger partial charge in [-0.2, -0.15) is 0 Å². The lowest BCUT2D eigenvalue weighted by Crippen LogP contribution is -2.29. The Bertz CT molecular complexity index is 537. The van der Waals surface area contributed by atoms with Crippen LogP contribution in [0, 0.1) is 0 Å². The predicted molar refractivity (Wildman–Crippen MR) is 92.5 cm³/mol. The third-order valence-electron chi connectivity index (χ3n) is 3.31. The van der Waals surface area contributed by atoms with Crippen LogP contribution in [0.2, 0.25) is 0 Å². The zero-order chi connectivity index (χ0) is 14.5. The molecular weight excluding hydrogens is 332 g/mol.